The van der Waals surface area contributed by atoms with Crippen LogP contribution in [-0.4, -0.2) is 41.5 Å². The highest BCUT2D eigenvalue weighted by molar-refractivity contribution is 6.02. The molecule has 1 aromatic carbocycles. The van der Waals surface area contributed by atoms with Crippen molar-refractivity contribution in [1.29, 1.82) is 0 Å². The first kappa shape index (κ1) is 19.3. The number of carbonyl (C=O) groups is 2. The lowest BCUT2D eigenvalue weighted by Gasteiger charge is -2.23. The number of likely N-dealkylation sites (N-methyl/N-ethyl adjacent to an activating group) is 1. The van der Waals surface area contributed by atoms with Gasteiger partial charge in [-0.15, -0.1) is 0 Å². The van der Waals surface area contributed by atoms with E-state index >= 15 is 0 Å². The molecule has 0 saturated heterocycles. The molecule has 0 bridgehead atoms. The summed E-state index contributed by atoms with van der Waals surface area (Å²) in [5.41, 5.74) is 1.77. The topological polar surface area (TPSA) is 93.7 Å². The van der Waals surface area contributed by atoms with E-state index in [0.29, 0.717) is 18.0 Å². The molecule has 0 unspecified atom stereocenters. The third-order valence-corrected chi connectivity index (χ3v) is 5.41. The van der Waals surface area contributed by atoms with Crippen molar-refractivity contribution in [2.24, 2.45) is 0 Å². The zero-order chi connectivity index (χ0) is 20.6. The first-order chi connectivity index (χ1) is 13.9. The van der Waals surface area contributed by atoms with Crippen LogP contribution in [0.3, 0.4) is 0 Å². The van der Waals surface area contributed by atoms with E-state index < -0.39 is 17.6 Å². The van der Waals surface area contributed by atoms with Crippen LogP contribution >= 0.6 is 0 Å². The summed E-state index contributed by atoms with van der Waals surface area (Å²) >= 11 is 0. The molecule has 2 aromatic rings. The predicted octanol–water partition coefficient (Wildman–Crippen LogP) is 2.18. The molecular weight excluding hydrogens is 372 g/mol. The van der Waals surface area contributed by atoms with Gasteiger partial charge in [-0.3, -0.25) is 9.59 Å². The van der Waals surface area contributed by atoms with E-state index in [4.69, 9.17) is 9.47 Å². The molecule has 3 heterocycles. The number of carbonyl (C=O) groups excluding carboxylic acids is 2. The normalized spacial score (nSPS) is 23.1. The van der Waals surface area contributed by atoms with Crippen molar-refractivity contribution in [2.45, 2.75) is 44.9 Å². The molecular formula is C21H24N4O4. The van der Waals surface area contributed by atoms with Crippen LogP contribution in [0, 0.1) is 0 Å². The SMILES string of the molecule is CCC[C@]1(C)OCc2cnc(C(=O)N[C@H]3COc4ccccc4N(C)C3=O)nc21. The molecule has 0 aliphatic carbocycles. The Labute approximate surface area is 169 Å². The smallest absolute Gasteiger partial charge is 0.289 e. The molecule has 8 nitrogen and oxygen atoms in total. The molecule has 0 radical (unpaired) electrons. The summed E-state index contributed by atoms with van der Waals surface area (Å²) in [6, 6.07) is 6.43. The number of para-hydroxylation sites is 2. The number of hydrogen-bond acceptors (Lipinski definition) is 6. The fourth-order valence-corrected chi connectivity index (χ4v) is 3.83. The average molecular weight is 396 g/mol. The summed E-state index contributed by atoms with van der Waals surface area (Å²) in [7, 11) is 1.66. The van der Waals surface area contributed by atoms with Crippen molar-refractivity contribution in [2.75, 3.05) is 18.6 Å². The van der Waals surface area contributed by atoms with Gasteiger partial charge in [0, 0.05) is 18.8 Å². The Morgan fingerprint density at radius 1 is 1.38 bits per heavy atom. The maximum absolute atomic E-state index is 12.8. The van der Waals surface area contributed by atoms with Crippen LogP contribution in [-0.2, 0) is 21.7 Å². The van der Waals surface area contributed by atoms with Gasteiger partial charge in [0.1, 0.15) is 24.0 Å². The molecule has 2 atom stereocenters. The fourth-order valence-electron chi connectivity index (χ4n) is 3.83. The van der Waals surface area contributed by atoms with Gasteiger partial charge >= 0.3 is 0 Å². The van der Waals surface area contributed by atoms with Crippen LogP contribution in [0.1, 0.15) is 48.6 Å². The number of ether oxygens (including phenoxy) is 2. The van der Waals surface area contributed by atoms with Crippen LogP contribution in [0.5, 0.6) is 5.75 Å². The van der Waals surface area contributed by atoms with Crippen LogP contribution < -0.4 is 15.0 Å². The minimum absolute atomic E-state index is 0.0220. The minimum Gasteiger partial charge on any atom is -0.489 e. The number of aromatic nitrogens is 2. The van der Waals surface area contributed by atoms with E-state index in [0.717, 1.165) is 24.1 Å². The zero-order valence-electron chi connectivity index (χ0n) is 16.8. The molecule has 2 amide bonds. The van der Waals surface area contributed by atoms with Crippen molar-refractivity contribution in [3.05, 3.63) is 47.5 Å². The van der Waals surface area contributed by atoms with Crippen molar-refractivity contribution in [3.8, 4) is 5.75 Å². The molecule has 1 aromatic heterocycles. The van der Waals surface area contributed by atoms with Gasteiger partial charge in [0.2, 0.25) is 5.82 Å². The summed E-state index contributed by atoms with van der Waals surface area (Å²) < 4.78 is 11.6. The number of fused-ring (bicyclic) bond motifs is 2. The van der Waals surface area contributed by atoms with Gasteiger partial charge in [0.25, 0.3) is 11.8 Å². The quantitative estimate of drug-likeness (QED) is 0.851. The van der Waals surface area contributed by atoms with E-state index in [9.17, 15) is 9.59 Å². The first-order valence-corrected chi connectivity index (χ1v) is 9.73. The van der Waals surface area contributed by atoms with E-state index in [2.05, 4.69) is 22.2 Å². The number of rotatable bonds is 4. The lowest BCUT2D eigenvalue weighted by atomic mass is 9.95. The Morgan fingerprint density at radius 3 is 2.97 bits per heavy atom. The van der Waals surface area contributed by atoms with E-state index in [1.165, 1.54) is 4.90 Å². The van der Waals surface area contributed by atoms with Crippen molar-refractivity contribution in [3.63, 3.8) is 0 Å². The second-order valence-corrected chi connectivity index (χ2v) is 7.54. The second kappa shape index (κ2) is 7.44. The highest BCUT2D eigenvalue weighted by Gasteiger charge is 2.38. The van der Waals surface area contributed by atoms with Gasteiger partial charge in [0.05, 0.1) is 18.0 Å². The van der Waals surface area contributed by atoms with E-state index in [1.54, 1.807) is 25.4 Å². The van der Waals surface area contributed by atoms with Gasteiger partial charge in [-0.25, -0.2) is 9.97 Å². The lowest BCUT2D eigenvalue weighted by Crippen LogP contribution is -2.49. The van der Waals surface area contributed by atoms with E-state index in [-0.39, 0.29) is 18.3 Å². The monoisotopic (exact) mass is 396 g/mol. The second-order valence-electron chi connectivity index (χ2n) is 7.54. The summed E-state index contributed by atoms with van der Waals surface area (Å²) in [6.45, 7) is 4.53. The Bertz CT molecular complexity index is 959. The molecule has 0 fully saturated rings. The maximum atomic E-state index is 12.8. The Balaban J connectivity index is 1.54. The Kier molecular flexibility index (Phi) is 4.96. The molecule has 8 heteroatoms. The van der Waals surface area contributed by atoms with Crippen molar-refractivity contribution in [1.82, 2.24) is 15.3 Å². The van der Waals surface area contributed by atoms with Gasteiger partial charge < -0.3 is 19.7 Å². The average Bonchev–Trinajstić information content (AvgIpc) is 3.00. The summed E-state index contributed by atoms with van der Waals surface area (Å²) in [5.74, 6) is -0.154. The van der Waals surface area contributed by atoms with Gasteiger partial charge in [0.15, 0.2) is 0 Å². The first-order valence-electron chi connectivity index (χ1n) is 9.73. The summed E-state index contributed by atoms with van der Waals surface area (Å²) in [4.78, 5) is 35.8. The molecule has 0 saturated carbocycles. The van der Waals surface area contributed by atoms with Crippen LogP contribution in [0.25, 0.3) is 0 Å². The molecule has 29 heavy (non-hydrogen) atoms. The van der Waals surface area contributed by atoms with Crippen molar-refractivity contribution >= 4 is 17.5 Å². The largest absolute Gasteiger partial charge is 0.489 e. The third-order valence-electron chi connectivity index (χ3n) is 5.41. The summed E-state index contributed by atoms with van der Waals surface area (Å²) in [6.07, 6.45) is 3.36. The lowest BCUT2D eigenvalue weighted by molar-refractivity contribution is -0.120. The van der Waals surface area contributed by atoms with Crippen LogP contribution in [0.2, 0.25) is 0 Å². The maximum Gasteiger partial charge on any atom is 0.289 e. The Morgan fingerprint density at radius 2 is 2.17 bits per heavy atom. The number of nitrogens with one attached hydrogen (secondary N) is 1. The van der Waals surface area contributed by atoms with Gasteiger partial charge in [-0.1, -0.05) is 25.5 Å². The molecule has 152 valence electrons. The zero-order valence-corrected chi connectivity index (χ0v) is 16.8. The summed E-state index contributed by atoms with van der Waals surface area (Å²) in [5, 5.41) is 2.72. The number of benzene rings is 1. The molecule has 2 aliphatic rings. The van der Waals surface area contributed by atoms with E-state index in [1.807, 2.05) is 19.1 Å². The number of nitrogens with zero attached hydrogens (tertiary/aromatic N) is 3. The Hall–Kier alpha value is -3.00. The third kappa shape index (κ3) is 3.44. The standard InChI is InChI=1S/C21H24N4O4/c1-4-9-21(2)17-13(11-29-21)10-22-18(24-17)19(26)23-14-12-28-16-8-6-5-7-15(16)25(3)20(14)27/h5-8,10,14H,4,9,11-12H2,1-3H3,(H,23,26)/t14-,21-/m0/s1. The minimum atomic E-state index is -0.838. The molecule has 1 N–H and O–H groups in total. The predicted molar refractivity (Wildman–Crippen MR) is 106 cm³/mol. The number of anilines is 1. The molecule has 0 spiro atoms. The van der Waals surface area contributed by atoms with Gasteiger partial charge in [-0.2, -0.15) is 0 Å². The number of amides is 2. The molecule has 2 aliphatic heterocycles. The van der Waals surface area contributed by atoms with Crippen LogP contribution in [0.4, 0.5) is 5.69 Å². The molecule has 4 rings (SSSR count). The highest BCUT2D eigenvalue weighted by Crippen LogP contribution is 2.38. The number of hydrogen-bond donors (Lipinski definition) is 1. The van der Waals surface area contributed by atoms with Crippen molar-refractivity contribution < 1.29 is 19.1 Å². The van der Waals surface area contributed by atoms with Gasteiger partial charge in [-0.05, 0) is 25.5 Å². The fraction of sp³-hybridized carbons (Fsp3) is 0.429. The highest BCUT2D eigenvalue weighted by atomic mass is 16.5. The van der Waals surface area contributed by atoms with Crippen LogP contribution in [0.15, 0.2) is 30.5 Å².